The van der Waals surface area contributed by atoms with Gasteiger partial charge in [-0.2, -0.15) is 13.2 Å². The van der Waals surface area contributed by atoms with Crippen LogP contribution in [0.5, 0.6) is 5.75 Å². The molecule has 262 valence electrons. The number of unbranched alkanes of at least 4 members (excludes halogenated alkanes) is 10. The standard InChI is InChI=1S/C39H49F3O6/c1-3-5-7-9-10-11-12-17-29-46-35(43)32-21-23-33(24-22-32)47-36(44)38(27-25-31(26-28-38)30-18-14-13-15-19-30)37(45)48-34(39(40,41)42)20-16-8-6-4-2/h13-15,18-19,21-27,34H,3-12,16-17,20,28-29H2,1-2H3. The molecule has 0 saturated heterocycles. The Kier molecular flexibility index (Phi) is 15.9. The van der Waals surface area contributed by atoms with E-state index in [1.807, 2.05) is 37.3 Å². The Balaban J connectivity index is 1.67. The van der Waals surface area contributed by atoms with E-state index < -0.39 is 42.0 Å². The minimum absolute atomic E-state index is 0.0185. The molecule has 2 aromatic rings. The Labute approximate surface area is 282 Å². The second-order valence-electron chi connectivity index (χ2n) is 12.3. The van der Waals surface area contributed by atoms with Gasteiger partial charge in [0, 0.05) is 0 Å². The Morgan fingerprint density at radius 3 is 1.96 bits per heavy atom. The van der Waals surface area contributed by atoms with Crippen molar-refractivity contribution in [2.75, 3.05) is 6.61 Å². The van der Waals surface area contributed by atoms with Gasteiger partial charge in [0.2, 0.25) is 0 Å². The van der Waals surface area contributed by atoms with E-state index in [9.17, 15) is 27.6 Å². The second kappa shape index (κ2) is 19.8. The van der Waals surface area contributed by atoms with E-state index in [0.29, 0.717) is 18.6 Å². The highest BCUT2D eigenvalue weighted by Gasteiger charge is 2.51. The minimum atomic E-state index is -4.80. The van der Waals surface area contributed by atoms with Crippen molar-refractivity contribution < 1.29 is 41.8 Å². The summed E-state index contributed by atoms with van der Waals surface area (Å²) < 4.78 is 57.8. The van der Waals surface area contributed by atoms with Crippen molar-refractivity contribution in [1.29, 1.82) is 0 Å². The zero-order valence-corrected chi connectivity index (χ0v) is 28.2. The van der Waals surface area contributed by atoms with Gasteiger partial charge in [0.1, 0.15) is 5.75 Å². The van der Waals surface area contributed by atoms with E-state index >= 15 is 0 Å². The van der Waals surface area contributed by atoms with Crippen LogP contribution < -0.4 is 4.74 Å². The van der Waals surface area contributed by atoms with Crippen molar-refractivity contribution in [3.05, 3.63) is 84.0 Å². The molecule has 0 spiro atoms. The number of esters is 3. The molecule has 48 heavy (non-hydrogen) atoms. The summed E-state index contributed by atoms with van der Waals surface area (Å²) in [4.78, 5) is 39.7. The fraction of sp³-hybridized carbons (Fsp3) is 0.513. The van der Waals surface area contributed by atoms with Gasteiger partial charge in [-0.05, 0) is 61.1 Å². The lowest BCUT2D eigenvalue weighted by Crippen LogP contribution is -2.46. The van der Waals surface area contributed by atoms with E-state index in [-0.39, 0.29) is 24.2 Å². The molecule has 0 N–H and O–H groups in total. The molecule has 1 aliphatic rings. The monoisotopic (exact) mass is 670 g/mol. The van der Waals surface area contributed by atoms with E-state index in [4.69, 9.17) is 14.2 Å². The molecule has 0 saturated carbocycles. The molecule has 0 bridgehead atoms. The average Bonchev–Trinajstić information content (AvgIpc) is 3.09. The zero-order chi connectivity index (χ0) is 34.8. The molecule has 0 amide bonds. The summed E-state index contributed by atoms with van der Waals surface area (Å²) in [7, 11) is 0. The number of allylic oxidation sites excluding steroid dienone is 3. The topological polar surface area (TPSA) is 78.9 Å². The summed E-state index contributed by atoms with van der Waals surface area (Å²) >= 11 is 0. The average molecular weight is 671 g/mol. The quantitative estimate of drug-likeness (QED) is 0.0604. The number of hydrogen-bond acceptors (Lipinski definition) is 6. The zero-order valence-electron chi connectivity index (χ0n) is 28.2. The first-order valence-corrected chi connectivity index (χ1v) is 17.3. The predicted molar refractivity (Wildman–Crippen MR) is 180 cm³/mol. The summed E-state index contributed by atoms with van der Waals surface area (Å²) in [5.74, 6) is -2.90. The molecule has 0 aliphatic heterocycles. The highest BCUT2D eigenvalue weighted by Crippen LogP contribution is 2.38. The number of alkyl halides is 3. The number of ether oxygens (including phenoxy) is 3. The van der Waals surface area contributed by atoms with Gasteiger partial charge in [-0.15, -0.1) is 0 Å². The SMILES string of the molecule is CCCCCCCCCCOC(=O)c1ccc(OC(=O)C2(C(=O)OC(CCCCCC)C(F)(F)F)C=CC(c3ccccc3)=CC2)cc1. The molecule has 3 rings (SSSR count). The maximum atomic E-state index is 13.9. The third-order valence-corrected chi connectivity index (χ3v) is 8.49. The van der Waals surface area contributed by atoms with Crippen molar-refractivity contribution in [2.45, 2.75) is 116 Å². The molecule has 2 atom stereocenters. The number of rotatable bonds is 20. The van der Waals surface area contributed by atoms with Crippen LogP contribution in [-0.2, 0) is 19.1 Å². The number of hydrogen-bond donors (Lipinski definition) is 0. The number of carbonyl (C=O) groups is 3. The summed E-state index contributed by atoms with van der Waals surface area (Å²) in [5, 5.41) is 0. The molecule has 2 aromatic carbocycles. The van der Waals surface area contributed by atoms with E-state index in [2.05, 4.69) is 6.92 Å². The van der Waals surface area contributed by atoms with Gasteiger partial charge in [0.05, 0.1) is 12.2 Å². The van der Waals surface area contributed by atoms with Crippen molar-refractivity contribution in [3.8, 4) is 5.75 Å². The van der Waals surface area contributed by atoms with Crippen molar-refractivity contribution in [2.24, 2.45) is 5.41 Å². The number of halogens is 3. The van der Waals surface area contributed by atoms with Crippen molar-refractivity contribution >= 4 is 23.5 Å². The first-order valence-electron chi connectivity index (χ1n) is 17.3. The van der Waals surface area contributed by atoms with Gasteiger partial charge < -0.3 is 14.2 Å². The van der Waals surface area contributed by atoms with Crippen LogP contribution in [0.1, 0.15) is 120 Å². The molecule has 0 aromatic heterocycles. The van der Waals surface area contributed by atoms with Gasteiger partial charge in [-0.25, -0.2) is 4.79 Å². The molecule has 0 radical (unpaired) electrons. The Hall–Kier alpha value is -3.88. The molecular formula is C39H49F3O6. The number of carbonyl (C=O) groups excluding carboxylic acids is 3. The molecule has 9 heteroatoms. The van der Waals surface area contributed by atoms with Crippen LogP contribution in [0.4, 0.5) is 13.2 Å². The van der Waals surface area contributed by atoms with Crippen molar-refractivity contribution in [3.63, 3.8) is 0 Å². The highest BCUT2D eigenvalue weighted by atomic mass is 19.4. The lowest BCUT2D eigenvalue weighted by atomic mass is 9.79. The van der Waals surface area contributed by atoms with Gasteiger partial charge >= 0.3 is 24.1 Å². The summed E-state index contributed by atoms with van der Waals surface area (Å²) in [6, 6.07) is 14.8. The van der Waals surface area contributed by atoms with Crippen LogP contribution in [0, 0.1) is 5.41 Å². The third-order valence-electron chi connectivity index (χ3n) is 8.49. The molecule has 6 nitrogen and oxygen atoms in total. The van der Waals surface area contributed by atoms with Crippen LogP contribution in [0.2, 0.25) is 0 Å². The largest absolute Gasteiger partial charge is 0.462 e. The van der Waals surface area contributed by atoms with Crippen LogP contribution in [0.15, 0.2) is 72.8 Å². The first kappa shape index (κ1) is 38.6. The summed E-state index contributed by atoms with van der Waals surface area (Å²) in [5.41, 5.74) is -0.363. The summed E-state index contributed by atoms with van der Waals surface area (Å²) in [6.07, 6.45) is 7.99. The van der Waals surface area contributed by atoms with Gasteiger partial charge in [0.15, 0.2) is 11.5 Å². The van der Waals surface area contributed by atoms with Crippen LogP contribution in [-0.4, -0.2) is 36.8 Å². The normalized spacial score (nSPS) is 16.6. The highest BCUT2D eigenvalue weighted by molar-refractivity contribution is 6.04. The lowest BCUT2D eigenvalue weighted by Gasteiger charge is -2.30. The van der Waals surface area contributed by atoms with Gasteiger partial charge in [-0.3, -0.25) is 9.59 Å². The number of benzene rings is 2. The van der Waals surface area contributed by atoms with Gasteiger partial charge in [-0.1, -0.05) is 127 Å². The van der Waals surface area contributed by atoms with Gasteiger partial charge in [0.25, 0.3) is 0 Å². The maximum Gasteiger partial charge on any atom is 0.425 e. The third kappa shape index (κ3) is 12.0. The lowest BCUT2D eigenvalue weighted by molar-refractivity contribution is -0.227. The fourth-order valence-electron chi connectivity index (χ4n) is 5.49. The maximum absolute atomic E-state index is 13.9. The van der Waals surface area contributed by atoms with Crippen LogP contribution in [0.3, 0.4) is 0 Å². The van der Waals surface area contributed by atoms with E-state index in [1.165, 1.54) is 68.5 Å². The minimum Gasteiger partial charge on any atom is -0.462 e. The van der Waals surface area contributed by atoms with Crippen LogP contribution in [0.25, 0.3) is 5.57 Å². The molecule has 1 aliphatic carbocycles. The Morgan fingerprint density at radius 1 is 0.771 bits per heavy atom. The van der Waals surface area contributed by atoms with E-state index in [0.717, 1.165) is 37.7 Å². The smallest absolute Gasteiger partial charge is 0.425 e. The van der Waals surface area contributed by atoms with Crippen LogP contribution >= 0.6 is 0 Å². The van der Waals surface area contributed by atoms with Crippen molar-refractivity contribution in [1.82, 2.24) is 0 Å². The van der Waals surface area contributed by atoms with E-state index in [1.54, 1.807) is 6.08 Å². The Morgan fingerprint density at radius 2 is 1.38 bits per heavy atom. The molecule has 0 heterocycles. The first-order chi connectivity index (χ1) is 23.1. The Bertz CT molecular complexity index is 1350. The molecule has 0 fully saturated rings. The molecule has 2 unspecified atom stereocenters. The summed E-state index contributed by atoms with van der Waals surface area (Å²) in [6.45, 7) is 4.44. The second-order valence-corrected chi connectivity index (χ2v) is 12.3. The molecular weight excluding hydrogens is 621 g/mol. The predicted octanol–water partition coefficient (Wildman–Crippen LogP) is 10.4. The fourth-order valence-corrected chi connectivity index (χ4v) is 5.49.